The van der Waals surface area contributed by atoms with E-state index in [2.05, 4.69) is 33.5 Å². The first-order valence-corrected chi connectivity index (χ1v) is 8.92. The van der Waals surface area contributed by atoms with Crippen LogP contribution in [-0.4, -0.2) is 22.6 Å². The molecule has 2 N–H and O–H groups in total. The highest BCUT2D eigenvalue weighted by Crippen LogP contribution is 2.30. The van der Waals surface area contributed by atoms with Crippen LogP contribution in [0.2, 0.25) is 0 Å². The second-order valence-electron chi connectivity index (χ2n) is 6.58. The molecule has 0 bridgehead atoms. The van der Waals surface area contributed by atoms with Crippen molar-refractivity contribution < 1.29 is 13.6 Å². The summed E-state index contributed by atoms with van der Waals surface area (Å²) in [5.41, 5.74) is 3.95. The van der Waals surface area contributed by atoms with Crippen LogP contribution in [0, 0.1) is 11.3 Å². The maximum atomic E-state index is 12.9. The predicted octanol–water partition coefficient (Wildman–Crippen LogP) is 4.06. The number of benzene rings is 2. The molecular formula is C21H16FN5O2. The zero-order valence-electron chi connectivity index (χ0n) is 15.3. The summed E-state index contributed by atoms with van der Waals surface area (Å²) in [7, 11) is 0. The number of aryl methyl sites for hydroxylation is 1. The molecule has 0 saturated heterocycles. The van der Waals surface area contributed by atoms with Gasteiger partial charge in [0.1, 0.15) is 11.9 Å². The van der Waals surface area contributed by atoms with Gasteiger partial charge in [0.15, 0.2) is 0 Å². The number of rotatable bonds is 5. The van der Waals surface area contributed by atoms with Gasteiger partial charge in [-0.05, 0) is 48.4 Å². The minimum Gasteiger partial charge on any atom is -0.416 e. The maximum absolute atomic E-state index is 12.9. The van der Waals surface area contributed by atoms with Crippen molar-refractivity contribution in [1.82, 2.24) is 10.2 Å². The molecule has 29 heavy (non-hydrogen) atoms. The summed E-state index contributed by atoms with van der Waals surface area (Å²) in [6.45, 7) is 3.12. The number of nitrogens with one attached hydrogen (secondary N) is 2. The zero-order chi connectivity index (χ0) is 20.4. The monoisotopic (exact) mass is 389 g/mol. The minimum atomic E-state index is -0.524. The number of nitrogens with zero attached hydrogens (tertiary/aromatic N) is 3. The summed E-state index contributed by atoms with van der Waals surface area (Å²) in [5.74, 6) is 0.0922. The highest BCUT2D eigenvalue weighted by atomic mass is 19.1. The van der Waals surface area contributed by atoms with Crippen LogP contribution in [0.4, 0.5) is 15.8 Å². The van der Waals surface area contributed by atoms with E-state index in [1.807, 2.05) is 12.1 Å². The number of nitriles is 1. The second kappa shape index (κ2) is 7.56. The lowest BCUT2D eigenvalue weighted by molar-refractivity contribution is -0.116. The second-order valence-corrected chi connectivity index (χ2v) is 6.58. The first-order chi connectivity index (χ1) is 14.0. The van der Waals surface area contributed by atoms with E-state index in [1.165, 1.54) is 0 Å². The van der Waals surface area contributed by atoms with Gasteiger partial charge in [-0.15, -0.1) is 10.2 Å². The topological polar surface area (TPSA) is 104 Å². The fourth-order valence-electron chi connectivity index (χ4n) is 3.09. The summed E-state index contributed by atoms with van der Waals surface area (Å²) in [6.07, 6.45) is 1.10. The van der Waals surface area contributed by atoms with E-state index in [-0.39, 0.29) is 18.3 Å². The SMILES string of the molecule is C=C(F)CNc1ccc(-c2nnc(-c3ccc4c(c3)CCC(=O)N4)o2)cc1C#N. The van der Waals surface area contributed by atoms with Gasteiger partial charge in [-0.25, -0.2) is 4.39 Å². The lowest BCUT2D eigenvalue weighted by atomic mass is 10.0. The smallest absolute Gasteiger partial charge is 0.248 e. The lowest BCUT2D eigenvalue weighted by Gasteiger charge is -2.16. The van der Waals surface area contributed by atoms with Crippen LogP contribution >= 0.6 is 0 Å². The fourth-order valence-corrected chi connectivity index (χ4v) is 3.09. The van der Waals surface area contributed by atoms with Crippen molar-refractivity contribution in [2.75, 3.05) is 17.2 Å². The zero-order valence-corrected chi connectivity index (χ0v) is 15.3. The Morgan fingerprint density at radius 1 is 1.21 bits per heavy atom. The number of fused-ring (bicyclic) bond motifs is 1. The average Bonchev–Trinajstić information content (AvgIpc) is 3.22. The third-order valence-electron chi connectivity index (χ3n) is 4.53. The molecule has 0 atom stereocenters. The van der Waals surface area contributed by atoms with Crippen molar-refractivity contribution >= 4 is 17.3 Å². The number of halogens is 1. The molecule has 0 unspecified atom stereocenters. The molecule has 0 fully saturated rings. The van der Waals surface area contributed by atoms with E-state index in [1.54, 1.807) is 24.3 Å². The van der Waals surface area contributed by atoms with Crippen LogP contribution in [0.5, 0.6) is 0 Å². The summed E-state index contributed by atoms with van der Waals surface area (Å²) in [5, 5.41) is 23.2. The van der Waals surface area contributed by atoms with Crippen LogP contribution in [0.25, 0.3) is 22.9 Å². The number of carbonyl (C=O) groups is 1. The summed E-state index contributed by atoms with van der Waals surface area (Å²) < 4.78 is 18.7. The van der Waals surface area contributed by atoms with Crippen molar-refractivity contribution in [3.63, 3.8) is 0 Å². The Bertz CT molecular complexity index is 1160. The largest absolute Gasteiger partial charge is 0.416 e. The van der Waals surface area contributed by atoms with Crippen molar-refractivity contribution in [3.8, 4) is 29.0 Å². The highest BCUT2D eigenvalue weighted by molar-refractivity contribution is 5.94. The van der Waals surface area contributed by atoms with E-state index >= 15 is 0 Å². The number of aromatic nitrogens is 2. The van der Waals surface area contributed by atoms with Gasteiger partial charge in [-0.2, -0.15) is 5.26 Å². The van der Waals surface area contributed by atoms with Gasteiger partial charge in [0.25, 0.3) is 0 Å². The third kappa shape index (κ3) is 3.84. The van der Waals surface area contributed by atoms with Gasteiger partial charge < -0.3 is 15.1 Å². The first kappa shape index (κ1) is 18.4. The molecule has 2 aromatic carbocycles. The molecule has 0 saturated carbocycles. The average molecular weight is 389 g/mol. The number of carbonyl (C=O) groups excluding carboxylic acids is 1. The Labute approximate surface area is 165 Å². The number of amides is 1. The van der Waals surface area contributed by atoms with Crippen LogP contribution < -0.4 is 10.6 Å². The quantitative estimate of drug-likeness (QED) is 0.682. The van der Waals surface area contributed by atoms with Gasteiger partial charge in [-0.1, -0.05) is 6.58 Å². The Balaban J connectivity index is 1.60. The summed E-state index contributed by atoms with van der Waals surface area (Å²) in [6, 6.07) is 12.6. The van der Waals surface area contributed by atoms with E-state index in [9.17, 15) is 14.4 Å². The molecule has 8 heteroatoms. The molecule has 0 radical (unpaired) electrons. The number of hydrogen-bond donors (Lipinski definition) is 2. The molecule has 144 valence electrons. The van der Waals surface area contributed by atoms with E-state index in [0.717, 1.165) is 16.8 Å². The molecular weight excluding hydrogens is 373 g/mol. The Morgan fingerprint density at radius 2 is 1.93 bits per heavy atom. The standard InChI is InChI=1S/C21H16FN5O2/c1-12(22)11-24-17-5-2-15(9-16(17)10-23)21-27-26-20(29-21)14-3-6-18-13(8-14)4-7-19(28)25-18/h2-3,5-6,8-9,24H,1,4,7,11H2,(H,25,28). The fraction of sp³-hybridized carbons (Fsp3) is 0.143. The van der Waals surface area contributed by atoms with Crippen LogP contribution in [0.3, 0.4) is 0 Å². The molecule has 1 amide bonds. The predicted molar refractivity (Wildman–Crippen MR) is 106 cm³/mol. The normalized spacial score (nSPS) is 12.6. The Kier molecular flexibility index (Phi) is 4.79. The number of anilines is 2. The van der Waals surface area contributed by atoms with E-state index in [0.29, 0.717) is 35.5 Å². The van der Waals surface area contributed by atoms with Gasteiger partial charge in [-0.3, -0.25) is 4.79 Å². The summed E-state index contributed by atoms with van der Waals surface area (Å²) in [4.78, 5) is 11.5. The lowest BCUT2D eigenvalue weighted by Crippen LogP contribution is -2.18. The van der Waals surface area contributed by atoms with E-state index in [4.69, 9.17) is 4.42 Å². The highest BCUT2D eigenvalue weighted by Gasteiger charge is 2.18. The number of hydrogen-bond acceptors (Lipinski definition) is 6. The maximum Gasteiger partial charge on any atom is 0.248 e. The van der Waals surface area contributed by atoms with Gasteiger partial charge >= 0.3 is 0 Å². The third-order valence-corrected chi connectivity index (χ3v) is 4.53. The van der Waals surface area contributed by atoms with Crippen LogP contribution in [0.15, 0.2) is 53.2 Å². The molecule has 7 nitrogen and oxygen atoms in total. The molecule has 1 aliphatic rings. The van der Waals surface area contributed by atoms with Gasteiger partial charge in [0.05, 0.1) is 17.8 Å². The molecule has 0 aliphatic carbocycles. The van der Waals surface area contributed by atoms with Crippen molar-refractivity contribution in [1.29, 1.82) is 5.26 Å². The van der Waals surface area contributed by atoms with Gasteiger partial charge in [0.2, 0.25) is 17.7 Å². The van der Waals surface area contributed by atoms with Crippen molar-refractivity contribution in [2.45, 2.75) is 12.8 Å². The molecule has 2 heterocycles. The van der Waals surface area contributed by atoms with Crippen LogP contribution in [0.1, 0.15) is 17.5 Å². The van der Waals surface area contributed by atoms with Crippen molar-refractivity contribution in [3.05, 3.63) is 59.9 Å². The first-order valence-electron chi connectivity index (χ1n) is 8.92. The Hall–Kier alpha value is -3.99. The summed E-state index contributed by atoms with van der Waals surface area (Å²) >= 11 is 0. The molecule has 1 aliphatic heterocycles. The molecule has 0 spiro atoms. The van der Waals surface area contributed by atoms with Gasteiger partial charge in [0, 0.05) is 23.2 Å². The minimum absolute atomic E-state index is 0.00684. The molecule has 4 rings (SSSR count). The molecule has 1 aromatic heterocycles. The van der Waals surface area contributed by atoms with E-state index < -0.39 is 5.83 Å². The van der Waals surface area contributed by atoms with Crippen molar-refractivity contribution in [2.24, 2.45) is 0 Å². The van der Waals surface area contributed by atoms with Crippen LogP contribution in [-0.2, 0) is 11.2 Å². The molecule has 3 aromatic rings. The Morgan fingerprint density at radius 3 is 2.66 bits per heavy atom.